The van der Waals surface area contributed by atoms with E-state index in [2.05, 4.69) is 5.32 Å². The summed E-state index contributed by atoms with van der Waals surface area (Å²) in [6.07, 6.45) is 2.84. The van der Waals surface area contributed by atoms with Gasteiger partial charge in [-0.3, -0.25) is 4.79 Å². The van der Waals surface area contributed by atoms with Crippen LogP contribution in [0.1, 0.15) is 45.0 Å². The molecule has 2 aromatic rings. The molecule has 1 aromatic heterocycles. The topological polar surface area (TPSA) is 81.7 Å². The first-order chi connectivity index (χ1) is 13.8. The number of nitrogens with one attached hydrogen (secondary N) is 1. The minimum atomic E-state index is -0.624. The molecule has 0 aliphatic heterocycles. The molecule has 0 unspecified atom stereocenters. The number of rotatable bonds is 7. The Balaban J connectivity index is 2.29. The highest BCUT2D eigenvalue weighted by molar-refractivity contribution is 7.18. The van der Waals surface area contributed by atoms with Crippen LogP contribution in [-0.4, -0.2) is 31.1 Å². The fraction of sp³-hybridized carbons (Fsp3) is 0.250. The number of halogens is 2. The molecule has 0 aliphatic carbocycles. The lowest BCUT2D eigenvalue weighted by molar-refractivity contribution is -0.111. The molecule has 6 nitrogen and oxygen atoms in total. The van der Waals surface area contributed by atoms with Crippen molar-refractivity contribution in [3.8, 4) is 0 Å². The Morgan fingerprint density at radius 1 is 1.07 bits per heavy atom. The molecule has 0 saturated carbocycles. The maximum atomic E-state index is 12.4. The van der Waals surface area contributed by atoms with Crippen LogP contribution in [0.25, 0.3) is 6.08 Å². The number of ether oxygens (including phenoxy) is 2. The van der Waals surface area contributed by atoms with Gasteiger partial charge >= 0.3 is 11.9 Å². The Hall–Kier alpha value is -2.35. The summed E-state index contributed by atoms with van der Waals surface area (Å²) in [6.45, 7) is 5.32. The van der Waals surface area contributed by atoms with E-state index in [9.17, 15) is 14.4 Å². The van der Waals surface area contributed by atoms with Gasteiger partial charge in [0.25, 0.3) is 0 Å². The average Bonchev–Trinajstić information content (AvgIpc) is 2.99. The first-order valence-corrected chi connectivity index (χ1v) is 10.3. The van der Waals surface area contributed by atoms with E-state index in [1.165, 1.54) is 6.08 Å². The van der Waals surface area contributed by atoms with Crippen molar-refractivity contribution in [1.82, 2.24) is 0 Å². The molecule has 0 atom stereocenters. The molecule has 0 saturated heterocycles. The zero-order valence-electron chi connectivity index (χ0n) is 16.0. The third-order valence-corrected chi connectivity index (χ3v) is 5.62. The van der Waals surface area contributed by atoms with Crippen LogP contribution in [0.2, 0.25) is 10.0 Å². The maximum absolute atomic E-state index is 12.4. The zero-order valence-corrected chi connectivity index (χ0v) is 18.3. The van der Waals surface area contributed by atoms with Gasteiger partial charge in [0.1, 0.15) is 9.88 Å². The summed E-state index contributed by atoms with van der Waals surface area (Å²) in [5.41, 5.74) is 1.21. The number of anilines is 1. The van der Waals surface area contributed by atoms with Crippen LogP contribution in [0, 0.1) is 6.92 Å². The van der Waals surface area contributed by atoms with E-state index in [0.717, 1.165) is 11.3 Å². The summed E-state index contributed by atoms with van der Waals surface area (Å²) in [7, 11) is 0. The van der Waals surface area contributed by atoms with E-state index in [1.54, 1.807) is 45.0 Å². The zero-order chi connectivity index (χ0) is 21.6. The van der Waals surface area contributed by atoms with Crippen molar-refractivity contribution in [2.24, 2.45) is 0 Å². The molecule has 29 heavy (non-hydrogen) atoms. The van der Waals surface area contributed by atoms with Crippen molar-refractivity contribution in [3.63, 3.8) is 0 Å². The Bertz CT molecular complexity index is 968. The molecule has 1 N–H and O–H groups in total. The second kappa shape index (κ2) is 10.4. The third-order valence-electron chi connectivity index (χ3n) is 3.69. The molecular formula is C20H19Cl2NO5S. The summed E-state index contributed by atoms with van der Waals surface area (Å²) < 4.78 is 10.1. The predicted molar refractivity (Wildman–Crippen MR) is 115 cm³/mol. The molecule has 1 heterocycles. The Morgan fingerprint density at radius 3 is 2.34 bits per heavy atom. The number of thiophene rings is 1. The number of hydrogen-bond acceptors (Lipinski definition) is 6. The second-order valence-corrected chi connectivity index (χ2v) is 7.53. The molecule has 0 aliphatic rings. The van der Waals surface area contributed by atoms with Crippen molar-refractivity contribution in [1.29, 1.82) is 0 Å². The standard InChI is InChI=1S/C20H19Cl2NO5S/c1-4-27-19(25)16-11(3)17(20(26)28-5-2)29-18(16)23-15(24)9-7-12-6-8-13(21)14(22)10-12/h6-10H,4-5H2,1-3H3,(H,23,24). The predicted octanol–water partition coefficient (Wildman–Crippen LogP) is 5.37. The fourth-order valence-electron chi connectivity index (χ4n) is 2.38. The average molecular weight is 456 g/mol. The van der Waals surface area contributed by atoms with Gasteiger partial charge in [0, 0.05) is 6.08 Å². The Morgan fingerprint density at radius 2 is 1.72 bits per heavy atom. The lowest BCUT2D eigenvalue weighted by Crippen LogP contribution is -2.13. The quantitative estimate of drug-likeness (QED) is 0.448. The minimum absolute atomic E-state index is 0.135. The highest BCUT2D eigenvalue weighted by atomic mass is 35.5. The van der Waals surface area contributed by atoms with Crippen molar-refractivity contribution in [2.75, 3.05) is 18.5 Å². The van der Waals surface area contributed by atoms with E-state index in [4.69, 9.17) is 32.7 Å². The van der Waals surface area contributed by atoms with Gasteiger partial charge in [0.05, 0.1) is 28.8 Å². The van der Waals surface area contributed by atoms with Gasteiger partial charge in [-0.25, -0.2) is 9.59 Å². The summed E-state index contributed by atoms with van der Waals surface area (Å²) in [5.74, 6) is -1.67. The lowest BCUT2D eigenvalue weighted by Gasteiger charge is -2.05. The van der Waals surface area contributed by atoms with Crippen LogP contribution in [0.5, 0.6) is 0 Å². The fourth-order valence-corrected chi connectivity index (χ4v) is 3.78. The Kier molecular flexibility index (Phi) is 8.25. The monoisotopic (exact) mass is 455 g/mol. The van der Waals surface area contributed by atoms with Crippen LogP contribution in [-0.2, 0) is 14.3 Å². The highest BCUT2D eigenvalue weighted by Gasteiger charge is 2.27. The maximum Gasteiger partial charge on any atom is 0.348 e. The summed E-state index contributed by atoms with van der Waals surface area (Å²) in [6, 6.07) is 4.94. The molecule has 2 rings (SSSR count). The van der Waals surface area contributed by atoms with Crippen LogP contribution in [0.3, 0.4) is 0 Å². The van der Waals surface area contributed by atoms with Gasteiger partial charge in [-0.05, 0) is 50.1 Å². The summed E-state index contributed by atoms with van der Waals surface area (Å²) in [5, 5.41) is 3.62. The molecular weight excluding hydrogens is 437 g/mol. The molecule has 1 amide bonds. The first kappa shape index (κ1) is 22.9. The van der Waals surface area contributed by atoms with Crippen molar-refractivity contribution in [3.05, 3.63) is 55.9 Å². The van der Waals surface area contributed by atoms with E-state index < -0.39 is 17.8 Å². The Labute approximate surface area is 182 Å². The highest BCUT2D eigenvalue weighted by Crippen LogP contribution is 2.34. The number of benzene rings is 1. The van der Waals surface area contributed by atoms with E-state index in [-0.39, 0.29) is 28.7 Å². The second-order valence-electron chi connectivity index (χ2n) is 5.70. The SMILES string of the molecule is CCOC(=O)c1sc(NC(=O)C=Cc2ccc(Cl)c(Cl)c2)c(C(=O)OCC)c1C. The molecule has 9 heteroatoms. The van der Waals surface area contributed by atoms with Crippen LogP contribution >= 0.6 is 34.5 Å². The lowest BCUT2D eigenvalue weighted by atomic mass is 10.1. The van der Waals surface area contributed by atoms with Crippen LogP contribution < -0.4 is 5.32 Å². The first-order valence-electron chi connectivity index (χ1n) is 8.70. The van der Waals surface area contributed by atoms with Gasteiger partial charge in [-0.15, -0.1) is 11.3 Å². The number of carbonyl (C=O) groups is 3. The van der Waals surface area contributed by atoms with Gasteiger partial charge in [-0.1, -0.05) is 29.3 Å². The smallest absolute Gasteiger partial charge is 0.348 e. The number of hydrogen-bond donors (Lipinski definition) is 1. The number of carbonyl (C=O) groups excluding carboxylic acids is 3. The van der Waals surface area contributed by atoms with Crippen molar-refractivity contribution in [2.45, 2.75) is 20.8 Å². The largest absolute Gasteiger partial charge is 0.462 e. The summed E-state index contributed by atoms with van der Waals surface area (Å²) in [4.78, 5) is 37.1. The molecule has 0 fully saturated rings. The molecule has 1 aromatic carbocycles. The van der Waals surface area contributed by atoms with Gasteiger partial charge in [0.2, 0.25) is 5.91 Å². The molecule has 0 radical (unpaired) electrons. The normalized spacial score (nSPS) is 10.8. The number of esters is 2. The third kappa shape index (κ3) is 5.82. The van der Waals surface area contributed by atoms with Gasteiger partial charge < -0.3 is 14.8 Å². The van der Waals surface area contributed by atoms with Crippen molar-refractivity contribution >= 4 is 63.5 Å². The molecule has 0 spiro atoms. The molecule has 154 valence electrons. The minimum Gasteiger partial charge on any atom is -0.462 e. The van der Waals surface area contributed by atoms with E-state index in [0.29, 0.717) is 21.2 Å². The van der Waals surface area contributed by atoms with Crippen molar-refractivity contribution < 1.29 is 23.9 Å². The van der Waals surface area contributed by atoms with Gasteiger partial charge in [-0.2, -0.15) is 0 Å². The summed E-state index contributed by atoms with van der Waals surface area (Å²) >= 11 is 12.8. The van der Waals surface area contributed by atoms with Gasteiger partial charge in [0.15, 0.2) is 0 Å². The van der Waals surface area contributed by atoms with E-state index in [1.807, 2.05) is 0 Å². The number of amides is 1. The van der Waals surface area contributed by atoms with Crippen LogP contribution in [0.15, 0.2) is 24.3 Å². The van der Waals surface area contributed by atoms with E-state index >= 15 is 0 Å². The molecule has 0 bridgehead atoms. The van der Waals surface area contributed by atoms with Crippen LogP contribution in [0.4, 0.5) is 5.00 Å².